The molecule has 0 bridgehead atoms. The molecule has 0 radical (unpaired) electrons. The first-order valence-electron chi connectivity index (χ1n) is 10.6. The third-order valence-electron chi connectivity index (χ3n) is 6.41. The molecule has 1 N–H and O–H groups in total. The first-order chi connectivity index (χ1) is 14.2. The number of hydrogen-bond donors (Lipinski definition) is 1. The van der Waals surface area contributed by atoms with Crippen molar-refractivity contribution in [3.05, 3.63) is 18.0 Å². The number of ether oxygens (including phenoxy) is 2. The van der Waals surface area contributed by atoms with E-state index in [0.29, 0.717) is 12.0 Å². The van der Waals surface area contributed by atoms with E-state index in [9.17, 15) is 0 Å². The molecule has 2 aromatic heterocycles. The zero-order valence-electron chi connectivity index (χ0n) is 17.2. The molecule has 0 unspecified atom stereocenters. The lowest BCUT2D eigenvalue weighted by atomic mass is 9.68. The number of oxime groups is 1. The minimum Gasteiger partial charge on any atom is -0.389 e. The summed E-state index contributed by atoms with van der Waals surface area (Å²) in [5, 5.41) is 13.8. The second-order valence-corrected chi connectivity index (χ2v) is 8.49. The number of anilines is 1. The van der Waals surface area contributed by atoms with Crippen molar-refractivity contribution >= 4 is 22.4 Å². The second kappa shape index (κ2) is 7.57. The summed E-state index contributed by atoms with van der Waals surface area (Å²) in [5.41, 5.74) is 3.84. The maximum atomic E-state index is 5.94. The second-order valence-electron chi connectivity index (χ2n) is 8.49. The molecule has 3 aliphatic rings. The number of nitrogens with one attached hydrogen (secondary N) is 1. The van der Waals surface area contributed by atoms with Gasteiger partial charge in [0.1, 0.15) is 5.60 Å². The van der Waals surface area contributed by atoms with Crippen molar-refractivity contribution in [1.82, 2.24) is 14.8 Å². The van der Waals surface area contributed by atoms with E-state index < -0.39 is 0 Å². The summed E-state index contributed by atoms with van der Waals surface area (Å²) in [6, 6.07) is 0.379. The molecule has 1 saturated carbocycles. The van der Waals surface area contributed by atoms with Crippen LogP contribution in [0.4, 0.5) is 5.69 Å². The lowest BCUT2D eigenvalue weighted by Gasteiger charge is -2.42. The molecule has 2 aromatic rings. The van der Waals surface area contributed by atoms with E-state index in [0.717, 1.165) is 86.5 Å². The molecule has 2 aliphatic heterocycles. The molecule has 0 atom stereocenters. The third-order valence-corrected chi connectivity index (χ3v) is 6.41. The Labute approximate surface area is 170 Å². The smallest absolute Gasteiger partial charge is 0.159 e. The van der Waals surface area contributed by atoms with Gasteiger partial charge in [0, 0.05) is 57.7 Å². The number of aromatic nitrogens is 3. The van der Waals surface area contributed by atoms with Crippen LogP contribution in [-0.4, -0.2) is 59.0 Å². The van der Waals surface area contributed by atoms with Gasteiger partial charge in [-0.25, -0.2) is 9.67 Å². The summed E-state index contributed by atoms with van der Waals surface area (Å²) in [6.07, 6.45) is 8.67. The quantitative estimate of drug-likeness (QED) is 0.804. The Morgan fingerprint density at radius 2 is 2.10 bits per heavy atom. The van der Waals surface area contributed by atoms with Gasteiger partial charge in [-0.15, -0.1) is 0 Å². The largest absolute Gasteiger partial charge is 0.389 e. The molecule has 1 spiro atoms. The van der Waals surface area contributed by atoms with Gasteiger partial charge in [0.25, 0.3) is 0 Å². The average molecular weight is 399 g/mol. The molecular weight excluding hydrogens is 370 g/mol. The number of nitrogens with zero attached hydrogens (tertiary/aromatic N) is 4. The Balaban J connectivity index is 1.44. The molecule has 5 rings (SSSR count). The van der Waals surface area contributed by atoms with Crippen molar-refractivity contribution in [1.29, 1.82) is 0 Å². The highest BCUT2D eigenvalue weighted by molar-refractivity contribution is 6.10. The molecular formula is C21H29N5O3. The van der Waals surface area contributed by atoms with E-state index in [1.165, 1.54) is 0 Å². The van der Waals surface area contributed by atoms with Crippen molar-refractivity contribution < 1.29 is 14.3 Å². The van der Waals surface area contributed by atoms with Crippen LogP contribution in [0.5, 0.6) is 0 Å². The number of rotatable bonds is 6. The maximum absolute atomic E-state index is 5.94. The number of pyridine rings is 1. The Kier molecular flexibility index (Phi) is 4.91. The Morgan fingerprint density at radius 1 is 1.28 bits per heavy atom. The van der Waals surface area contributed by atoms with Crippen LogP contribution in [0.1, 0.15) is 44.6 Å². The molecule has 2 fully saturated rings. The first kappa shape index (κ1) is 18.8. The lowest BCUT2D eigenvalue weighted by Crippen LogP contribution is -2.45. The number of aryl methyl sites for hydroxylation is 1. The zero-order chi connectivity index (χ0) is 19.8. The summed E-state index contributed by atoms with van der Waals surface area (Å²) in [4.78, 5) is 10.7. The average Bonchev–Trinajstić information content (AvgIpc) is 3.34. The Morgan fingerprint density at radius 3 is 2.86 bits per heavy atom. The van der Waals surface area contributed by atoms with Crippen LogP contribution in [0, 0.1) is 5.92 Å². The lowest BCUT2D eigenvalue weighted by molar-refractivity contribution is -0.120. The fourth-order valence-electron chi connectivity index (χ4n) is 4.91. The fraction of sp³-hybridized carbons (Fsp3) is 0.667. The van der Waals surface area contributed by atoms with Gasteiger partial charge in [0.15, 0.2) is 5.65 Å². The van der Waals surface area contributed by atoms with Crippen molar-refractivity contribution in [2.45, 2.75) is 57.2 Å². The normalized spacial score (nSPS) is 27.1. The van der Waals surface area contributed by atoms with Crippen LogP contribution in [0.25, 0.3) is 11.0 Å². The molecule has 4 heterocycles. The predicted molar refractivity (Wildman–Crippen MR) is 110 cm³/mol. The topological polar surface area (TPSA) is 82.8 Å². The van der Waals surface area contributed by atoms with Gasteiger partial charge in [0.2, 0.25) is 0 Å². The summed E-state index contributed by atoms with van der Waals surface area (Å²) in [7, 11) is 1.76. The van der Waals surface area contributed by atoms with Gasteiger partial charge in [0.05, 0.1) is 23.0 Å². The standard InChI is InChI=1S/C21H29N5O3/c1-3-26-20-17(12-23-26)19(24-15-4-6-28-7-5-15)16(11-22-20)18-10-21(29-25-18)8-14(9-21)13-27-2/h11-12,14-15H,3-10,13H2,1-2H3,(H,22,24). The monoisotopic (exact) mass is 399 g/mol. The minimum atomic E-state index is -0.156. The van der Waals surface area contributed by atoms with Crippen LogP contribution in [0.3, 0.4) is 0 Å². The van der Waals surface area contributed by atoms with Gasteiger partial charge in [-0.1, -0.05) is 5.16 Å². The Bertz CT molecular complexity index is 912. The Hall–Kier alpha value is -2.19. The van der Waals surface area contributed by atoms with Gasteiger partial charge >= 0.3 is 0 Å². The van der Waals surface area contributed by atoms with Crippen LogP contribution in [0.15, 0.2) is 17.5 Å². The molecule has 1 aliphatic carbocycles. The van der Waals surface area contributed by atoms with Crippen LogP contribution < -0.4 is 5.32 Å². The molecule has 0 aromatic carbocycles. The zero-order valence-corrected chi connectivity index (χ0v) is 17.2. The number of hydrogen-bond acceptors (Lipinski definition) is 7. The molecule has 156 valence electrons. The van der Waals surface area contributed by atoms with Gasteiger partial charge in [-0.2, -0.15) is 5.10 Å². The summed E-state index contributed by atoms with van der Waals surface area (Å²) < 4.78 is 12.8. The maximum Gasteiger partial charge on any atom is 0.159 e. The molecule has 29 heavy (non-hydrogen) atoms. The summed E-state index contributed by atoms with van der Waals surface area (Å²) in [5.74, 6) is 0.567. The van der Waals surface area contributed by atoms with Crippen molar-refractivity contribution in [3.63, 3.8) is 0 Å². The van der Waals surface area contributed by atoms with E-state index >= 15 is 0 Å². The predicted octanol–water partition coefficient (Wildman–Crippen LogP) is 2.96. The molecule has 8 nitrogen and oxygen atoms in total. The van der Waals surface area contributed by atoms with E-state index in [4.69, 9.17) is 19.3 Å². The SMILES string of the molecule is CCn1ncc2c(NC3CCOCC3)c(C3=NOC4(C3)CC(COC)C4)cnc21. The van der Waals surface area contributed by atoms with Crippen LogP contribution in [0.2, 0.25) is 0 Å². The van der Waals surface area contributed by atoms with Crippen LogP contribution >= 0.6 is 0 Å². The van der Waals surface area contributed by atoms with Gasteiger partial charge in [-0.05, 0) is 38.5 Å². The number of fused-ring (bicyclic) bond motifs is 1. The van der Waals surface area contributed by atoms with Crippen LogP contribution in [-0.2, 0) is 20.9 Å². The van der Waals surface area contributed by atoms with Gasteiger partial charge in [-0.3, -0.25) is 0 Å². The van der Waals surface area contributed by atoms with E-state index in [2.05, 4.69) is 22.5 Å². The van der Waals surface area contributed by atoms with E-state index in [-0.39, 0.29) is 5.60 Å². The third kappa shape index (κ3) is 3.38. The number of methoxy groups -OCH3 is 1. The summed E-state index contributed by atoms with van der Waals surface area (Å²) in [6.45, 7) is 5.26. The van der Waals surface area contributed by atoms with Crippen molar-refractivity contribution in [3.8, 4) is 0 Å². The fourth-order valence-corrected chi connectivity index (χ4v) is 4.91. The highest BCUT2D eigenvalue weighted by atomic mass is 16.7. The highest BCUT2D eigenvalue weighted by Gasteiger charge is 2.51. The highest BCUT2D eigenvalue weighted by Crippen LogP contribution is 2.48. The van der Waals surface area contributed by atoms with Gasteiger partial charge < -0.3 is 19.6 Å². The molecule has 1 saturated heterocycles. The minimum absolute atomic E-state index is 0.156. The van der Waals surface area contributed by atoms with Crippen molar-refractivity contribution in [2.24, 2.45) is 11.1 Å². The van der Waals surface area contributed by atoms with E-state index in [1.807, 2.05) is 17.1 Å². The molecule has 0 amide bonds. The first-order valence-corrected chi connectivity index (χ1v) is 10.6. The van der Waals surface area contributed by atoms with Crippen molar-refractivity contribution in [2.75, 3.05) is 32.2 Å². The molecule has 8 heteroatoms. The van der Waals surface area contributed by atoms with E-state index in [1.54, 1.807) is 7.11 Å². The summed E-state index contributed by atoms with van der Waals surface area (Å²) >= 11 is 0.